The molecule has 1 amide bonds. The first-order valence-electron chi connectivity index (χ1n) is 8.06. The Morgan fingerprint density at radius 1 is 1.19 bits per heavy atom. The van der Waals surface area contributed by atoms with Crippen molar-refractivity contribution in [1.82, 2.24) is 4.90 Å². The van der Waals surface area contributed by atoms with Crippen molar-refractivity contribution < 1.29 is 13.2 Å². The number of carbonyl (C=O) groups is 1. The van der Waals surface area contributed by atoms with Crippen LogP contribution in [0.4, 0.5) is 5.69 Å². The molecule has 0 spiro atoms. The molecule has 0 aliphatic rings. The molecule has 0 fully saturated rings. The SMILES string of the molecule is C=CCN(c1ccccc1)S(=O)(=O)c1cc(C(=O)N(C)CC)ccc1Cl. The molecule has 2 aromatic rings. The van der Waals surface area contributed by atoms with Gasteiger partial charge in [-0.25, -0.2) is 8.42 Å². The van der Waals surface area contributed by atoms with Crippen LogP contribution in [0.3, 0.4) is 0 Å². The minimum absolute atomic E-state index is 0.0608. The van der Waals surface area contributed by atoms with Gasteiger partial charge in [-0.15, -0.1) is 6.58 Å². The van der Waals surface area contributed by atoms with E-state index in [1.54, 1.807) is 37.4 Å². The number of para-hydroxylation sites is 1. The molecule has 2 rings (SSSR count). The molecule has 2 aromatic carbocycles. The zero-order chi connectivity index (χ0) is 19.3. The monoisotopic (exact) mass is 392 g/mol. The average Bonchev–Trinajstić information content (AvgIpc) is 2.65. The van der Waals surface area contributed by atoms with Gasteiger partial charge >= 0.3 is 0 Å². The standard InChI is InChI=1S/C19H21ClN2O3S/c1-4-13-22(16-9-7-6-8-10-16)26(24,25)18-14-15(11-12-17(18)20)19(23)21(3)5-2/h4,6-12,14H,1,5,13H2,2-3H3. The van der Waals surface area contributed by atoms with Gasteiger partial charge in [0.15, 0.2) is 0 Å². The summed E-state index contributed by atoms with van der Waals surface area (Å²) in [6, 6.07) is 13.0. The molecule has 0 unspecified atom stereocenters. The highest BCUT2D eigenvalue weighted by Crippen LogP contribution is 2.29. The number of hydrogen-bond donors (Lipinski definition) is 0. The first-order valence-corrected chi connectivity index (χ1v) is 9.88. The van der Waals surface area contributed by atoms with Gasteiger partial charge in [-0.2, -0.15) is 0 Å². The second-order valence-electron chi connectivity index (χ2n) is 5.62. The van der Waals surface area contributed by atoms with Crippen molar-refractivity contribution in [2.45, 2.75) is 11.8 Å². The van der Waals surface area contributed by atoms with Crippen LogP contribution in [0.1, 0.15) is 17.3 Å². The van der Waals surface area contributed by atoms with Crippen LogP contribution >= 0.6 is 11.6 Å². The van der Waals surface area contributed by atoms with Gasteiger partial charge in [0.2, 0.25) is 0 Å². The third-order valence-corrected chi connectivity index (χ3v) is 6.18. The van der Waals surface area contributed by atoms with Gasteiger partial charge in [0.25, 0.3) is 15.9 Å². The normalized spacial score (nSPS) is 11.0. The Labute approximate surface area is 159 Å². The molecule has 7 heteroatoms. The molecule has 0 aromatic heterocycles. The molecule has 0 saturated heterocycles. The average molecular weight is 393 g/mol. The van der Waals surface area contributed by atoms with E-state index in [1.165, 1.54) is 33.5 Å². The number of sulfonamides is 1. The van der Waals surface area contributed by atoms with Crippen LogP contribution < -0.4 is 4.31 Å². The van der Waals surface area contributed by atoms with Gasteiger partial charge in [0.05, 0.1) is 17.3 Å². The quantitative estimate of drug-likeness (QED) is 0.673. The Morgan fingerprint density at radius 3 is 2.42 bits per heavy atom. The fourth-order valence-electron chi connectivity index (χ4n) is 2.37. The van der Waals surface area contributed by atoms with Crippen LogP contribution in [-0.4, -0.2) is 39.4 Å². The lowest BCUT2D eigenvalue weighted by atomic mass is 10.2. The molecule has 0 saturated carbocycles. The van der Waals surface area contributed by atoms with E-state index in [1.807, 2.05) is 6.92 Å². The number of carbonyl (C=O) groups excluding carboxylic acids is 1. The van der Waals surface area contributed by atoms with Gasteiger partial charge < -0.3 is 4.90 Å². The van der Waals surface area contributed by atoms with Crippen LogP contribution in [0, 0.1) is 0 Å². The minimum atomic E-state index is -3.98. The number of anilines is 1. The number of nitrogens with zero attached hydrogens (tertiary/aromatic N) is 2. The summed E-state index contributed by atoms with van der Waals surface area (Å²) in [4.78, 5) is 13.8. The lowest BCUT2D eigenvalue weighted by Gasteiger charge is -2.24. The summed E-state index contributed by atoms with van der Waals surface area (Å²) in [5, 5.41) is 0.0608. The van der Waals surface area contributed by atoms with E-state index in [-0.39, 0.29) is 27.9 Å². The van der Waals surface area contributed by atoms with Crippen molar-refractivity contribution in [3.05, 3.63) is 71.8 Å². The summed E-state index contributed by atoms with van der Waals surface area (Å²) in [5.74, 6) is -0.268. The Hall–Kier alpha value is -2.31. The van der Waals surface area contributed by atoms with Crippen molar-refractivity contribution in [3.8, 4) is 0 Å². The molecule has 0 bridgehead atoms. The van der Waals surface area contributed by atoms with Crippen LogP contribution in [0.25, 0.3) is 0 Å². The second kappa shape index (κ2) is 8.38. The second-order valence-corrected chi connectivity index (χ2v) is 7.86. The smallest absolute Gasteiger partial charge is 0.266 e. The third-order valence-electron chi connectivity index (χ3n) is 3.91. The Kier molecular flexibility index (Phi) is 6.45. The van der Waals surface area contributed by atoms with Crippen molar-refractivity contribution >= 4 is 33.2 Å². The van der Waals surface area contributed by atoms with Crippen LogP contribution in [-0.2, 0) is 10.0 Å². The van der Waals surface area contributed by atoms with Crippen molar-refractivity contribution in [1.29, 1.82) is 0 Å². The molecule has 0 atom stereocenters. The number of rotatable bonds is 7. The summed E-state index contributed by atoms with van der Waals surface area (Å²) >= 11 is 6.17. The van der Waals surface area contributed by atoms with Crippen molar-refractivity contribution in [2.24, 2.45) is 0 Å². The molecule has 0 heterocycles. The lowest BCUT2D eigenvalue weighted by Crippen LogP contribution is -2.32. The summed E-state index contributed by atoms with van der Waals surface area (Å²) in [6.45, 7) is 6.06. The number of hydrogen-bond acceptors (Lipinski definition) is 3. The maximum absolute atomic E-state index is 13.2. The molecule has 26 heavy (non-hydrogen) atoms. The molecule has 0 aliphatic heterocycles. The largest absolute Gasteiger partial charge is 0.342 e. The van der Waals surface area contributed by atoms with Crippen LogP contribution in [0.2, 0.25) is 5.02 Å². The molecular weight excluding hydrogens is 372 g/mol. The highest BCUT2D eigenvalue weighted by molar-refractivity contribution is 7.93. The summed E-state index contributed by atoms with van der Waals surface area (Å²) < 4.78 is 27.7. The maximum Gasteiger partial charge on any atom is 0.266 e. The van der Waals surface area contributed by atoms with Crippen LogP contribution in [0.5, 0.6) is 0 Å². The predicted molar refractivity (Wildman–Crippen MR) is 105 cm³/mol. The number of benzene rings is 2. The van der Waals surface area contributed by atoms with Crippen molar-refractivity contribution in [2.75, 3.05) is 24.4 Å². The topological polar surface area (TPSA) is 57.7 Å². The minimum Gasteiger partial charge on any atom is -0.342 e. The van der Waals surface area contributed by atoms with E-state index >= 15 is 0 Å². The van der Waals surface area contributed by atoms with Gasteiger partial charge in [0, 0.05) is 19.2 Å². The molecular formula is C19H21ClN2O3S. The van der Waals surface area contributed by atoms with Gasteiger partial charge in [-0.1, -0.05) is 35.9 Å². The highest BCUT2D eigenvalue weighted by Gasteiger charge is 2.27. The summed E-state index contributed by atoms with van der Waals surface area (Å²) in [6.07, 6.45) is 1.50. The highest BCUT2D eigenvalue weighted by atomic mass is 35.5. The summed E-state index contributed by atoms with van der Waals surface area (Å²) in [7, 11) is -2.32. The number of halogens is 1. The maximum atomic E-state index is 13.2. The molecule has 5 nitrogen and oxygen atoms in total. The molecule has 0 aliphatic carbocycles. The van der Waals surface area contributed by atoms with Gasteiger partial charge in [-0.3, -0.25) is 9.10 Å². The summed E-state index contributed by atoms with van der Waals surface area (Å²) in [5.41, 5.74) is 0.759. The lowest BCUT2D eigenvalue weighted by molar-refractivity contribution is 0.0802. The predicted octanol–water partition coefficient (Wildman–Crippen LogP) is 3.81. The molecule has 138 valence electrons. The Balaban J connectivity index is 2.56. The molecule has 0 radical (unpaired) electrons. The Morgan fingerprint density at radius 2 is 1.85 bits per heavy atom. The third kappa shape index (κ3) is 4.08. The zero-order valence-electron chi connectivity index (χ0n) is 14.7. The van der Waals surface area contributed by atoms with E-state index in [0.29, 0.717) is 12.2 Å². The first kappa shape index (κ1) is 20.0. The van der Waals surface area contributed by atoms with E-state index in [4.69, 9.17) is 11.6 Å². The fourth-order valence-corrected chi connectivity index (χ4v) is 4.31. The fraction of sp³-hybridized carbons (Fsp3) is 0.211. The van der Waals surface area contributed by atoms with E-state index in [0.717, 1.165) is 0 Å². The first-order chi connectivity index (χ1) is 12.3. The Bertz CT molecular complexity index is 898. The number of amides is 1. The van der Waals surface area contributed by atoms with E-state index in [2.05, 4.69) is 6.58 Å². The molecule has 0 N–H and O–H groups in total. The van der Waals surface area contributed by atoms with Crippen molar-refractivity contribution in [3.63, 3.8) is 0 Å². The van der Waals surface area contributed by atoms with E-state index < -0.39 is 10.0 Å². The zero-order valence-corrected chi connectivity index (χ0v) is 16.3. The van der Waals surface area contributed by atoms with Crippen LogP contribution in [0.15, 0.2) is 66.1 Å². The van der Waals surface area contributed by atoms with Gasteiger partial charge in [0.1, 0.15) is 4.90 Å². The van der Waals surface area contributed by atoms with Gasteiger partial charge in [-0.05, 0) is 37.3 Å². The van der Waals surface area contributed by atoms with E-state index in [9.17, 15) is 13.2 Å².